The molecule has 0 spiro atoms. The second-order valence-corrected chi connectivity index (χ2v) is 4.79. The molecule has 0 saturated carbocycles. The van der Waals surface area contributed by atoms with Gasteiger partial charge in [0.05, 0.1) is 5.69 Å². The number of nitrogens with zero attached hydrogens (tertiary/aromatic N) is 3. The SMILES string of the molecule is Cn1nccc1CN1CCC(C(=O)O)(C(F)(F)F)C1. The molecule has 0 aromatic carbocycles. The number of aromatic nitrogens is 2. The highest BCUT2D eigenvalue weighted by atomic mass is 19.4. The van der Waals surface area contributed by atoms with Crippen LogP contribution in [-0.2, 0) is 18.4 Å². The van der Waals surface area contributed by atoms with Crippen LogP contribution in [0, 0.1) is 5.41 Å². The lowest BCUT2D eigenvalue weighted by molar-refractivity contribution is -0.227. The first-order valence-corrected chi connectivity index (χ1v) is 5.76. The van der Waals surface area contributed by atoms with Gasteiger partial charge in [-0.3, -0.25) is 14.4 Å². The van der Waals surface area contributed by atoms with Crippen LogP contribution in [0.15, 0.2) is 12.3 Å². The van der Waals surface area contributed by atoms with Gasteiger partial charge in [-0.2, -0.15) is 18.3 Å². The average molecular weight is 277 g/mol. The predicted octanol–water partition coefficient (Wildman–Crippen LogP) is 1.26. The van der Waals surface area contributed by atoms with Crippen molar-refractivity contribution in [3.05, 3.63) is 18.0 Å². The molecule has 0 bridgehead atoms. The molecule has 2 rings (SSSR count). The molecule has 2 heterocycles. The van der Waals surface area contributed by atoms with E-state index in [9.17, 15) is 18.0 Å². The Labute approximate surface area is 107 Å². The Balaban J connectivity index is 2.14. The van der Waals surface area contributed by atoms with E-state index in [0.29, 0.717) is 0 Å². The second-order valence-electron chi connectivity index (χ2n) is 4.79. The van der Waals surface area contributed by atoms with E-state index in [1.54, 1.807) is 24.0 Å². The Hall–Kier alpha value is -1.57. The van der Waals surface area contributed by atoms with Crippen molar-refractivity contribution in [1.29, 1.82) is 0 Å². The van der Waals surface area contributed by atoms with Gasteiger partial charge in [0.15, 0.2) is 5.41 Å². The minimum Gasteiger partial charge on any atom is -0.481 e. The summed E-state index contributed by atoms with van der Waals surface area (Å²) < 4.78 is 40.5. The molecule has 1 unspecified atom stereocenters. The molecule has 1 aromatic rings. The maximum atomic E-state index is 13.0. The summed E-state index contributed by atoms with van der Waals surface area (Å²) in [4.78, 5) is 12.5. The highest BCUT2D eigenvalue weighted by Gasteiger charge is 2.63. The number of carbonyl (C=O) groups is 1. The van der Waals surface area contributed by atoms with E-state index < -0.39 is 30.5 Å². The van der Waals surface area contributed by atoms with E-state index in [1.165, 1.54) is 4.90 Å². The number of aryl methyl sites for hydroxylation is 1. The molecule has 5 nitrogen and oxygen atoms in total. The van der Waals surface area contributed by atoms with Crippen LogP contribution in [0.3, 0.4) is 0 Å². The molecule has 0 aliphatic carbocycles. The normalized spacial score (nSPS) is 24.8. The smallest absolute Gasteiger partial charge is 0.406 e. The van der Waals surface area contributed by atoms with Crippen molar-refractivity contribution in [3.8, 4) is 0 Å². The quantitative estimate of drug-likeness (QED) is 0.903. The van der Waals surface area contributed by atoms with Crippen LogP contribution >= 0.6 is 0 Å². The van der Waals surface area contributed by atoms with Crippen LogP contribution in [0.25, 0.3) is 0 Å². The zero-order chi connectivity index (χ0) is 14.3. The summed E-state index contributed by atoms with van der Waals surface area (Å²) >= 11 is 0. The van der Waals surface area contributed by atoms with Gasteiger partial charge in [0.25, 0.3) is 0 Å². The maximum Gasteiger partial charge on any atom is 0.406 e. The molecular weight excluding hydrogens is 263 g/mol. The molecule has 1 aliphatic heterocycles. The average Bonchev–Trinajstić information content (AvgIpc) is 2.87. The highest BCUT2D eigenvalue weighted by molar-refractivity contribution is 5.76. The number of carboxylic acid groups (broad SMARTS) is 1. The van der Waals surface area contributed by atoms with Gasteiger partial charge in [0, 0.05) is 32.9 Å². The van der Waals surface area contributed by atoms with E-state index in [4.69, 9.17) is 5.11 Å². The number of halogens is 3. The third-order valence-electron chi connectivity index (χ3n) is 3.61. The van der Waals surface area contributed by atoms with E-state index in [1.807, 2.05) is 0 Å². The molecule has 1 atom stereocenters. The van der Waals surface area contributed by atoms with Crippen LogP contribution in [-0.4, -0.2) is 45.0 Å². The standard InChI is InChI=1S/C11H14F3N3O2/c1-16-8(2-4-15-16)6-17-5-3-10(7-17,9(18)19)11(12,13)14/h2,4H,3,5-7H2,1H3,(H,18,19). The Bertz CT molecular complexity index is 486. The molecule has 8 heteroatoms. The Kier molecular flexibility index (Phi) is 3.29. The highest BCUT2D eigenvalue weighted by Crippen LogP contribution is 2.45. The van der Waals surface area contributed by atoms with Crippen molar-refractivity contribution >= 4 is 5.97 Å². The van der Waals surface area contributed by atoms with Crippen LogP contribution in [0.5, 0.6) is 0 Å². The molecule has 0 amide bonds. The summed E-state index contributed by atoms with van der Waals surface area (Å²) in [7, 11) is 1.69. The van der Waals surface area contributed by atoms with E-state index in [0.717, 1.165) is 5.69 Å². The molecule has 1 aromatic heterocycles. The largest absolute Gasteiger partial charge is 0.481 e. The summed E-state index contributed by atoms with van der Waals surface area (Å²) in [6.45, 7) is -0.143. The van der Waals surface area contributed by atoms with E-state index >= 15 is 0 Å². The molecule has 1 N–H and O–H groups in total. The lowest BCUT2D eigenvalue weighted by Crippen LogP contribution is -2.47. The first-order valence-electron chi connectivity index (χ1n) is 5.76. The molecule has 1 fully saturated rings. The lowest BCUT2D eigenvalue weighted by atomic mass is 9.86. The third-order valence-corrected chi connectivity index (χ3v) is 3.61. The second kappa shape index (κ2) is 4.52. The Morgan fingerprint density at radius 3 is 2.68 bits per heavy atom. The van der Waals surface area contributed by atoms with Crippen LogP contribution in [0.4, 0.5) is 13.2 Å². The molecule has 0 radical (unpaired) electrons. The molecule has 1 aliphatic rings. The van der Waals surface area contributed by atoms with Gasteiger partial charge < -0.3 is 5.11 Å². The summed E-state index contributed by atoms with van der Waals surface area (Å²) in [5.41, 5.74) is -1.89. The molecule has 19 heavy (non-hydrogen) atoms. The van der Waals surface area contributed by atoms with Crippen molar-refractivity contribution in [2.45, 2.75) is 19.1 Å². The summed E-state index contributed by atoms with van der Waals surface area (Å²) in [6, 6.07) is 1.70. The number of hydrogen-bond donors (Lipinski definition) is 1. The Morgan fingerprint density at radius 2 is 2.26 bits per heavy atom. The first kappa shape index (κ1) is 13.9. The summed E-state index contributed by atoms with van der Waals surface area (Å²) in [6.07, 6.45) is -3.59. The predicted molar refractivity (Wildman–Crippen MR) is 59.2 cm³/mol. The zero-order valence-electron chi connectivity index (χ0n) is 10.3. The fraction of sp³-hybridized carbons (Fsp3) is 0.636. The number of alkyl halides is 3. The van der Waals surface area contributed by atoms with Gasteiger partial charge in [-0.05, 0) is 12.5 Å². The molecular formula is C11H14F3N3O2. The van der Waals surface area contributed by atoms with Crippen molar-refractivity contribution in [1.82, 2.24) is 14.7 Å². The summed E-state index contributed by atoms with van der Waals surface area (Å²) in [5.74, 6) is -1.80. The fourth-order valence-corrected chi connectivity index (χ4v) is 2.34. The third kappa shape index (κ3) is 2.32. The fourth-order valence-electron chi connectivity index (χ4n) is 2.34. The monoisotopic (exact) mass is 277 g/mol. The number of aliphatic carboxylic acids is 1. The lowest BCUT2D eigenvalue weighted by Gasteiger charge is -2.27. The topological polar surface area (TPSA) is 58.4 Å². The number of carboxylic acids is 1. The zero-order valence-corrected chi connectivity index (χ0v) is 10.3. The van der Waals surface area contributed by atoms with Gasteiger partial charge in [0.1, 0.15) is 0 Å². The number of hydrogen-bond acceptors (Lipinski definition) is 3. The Morgan fingerprint density at radius 1 is 1.58 bits per heavy atom. The van der Waals surface area contributed by atoms with Crippen molar-refractivity contribution in [3.63, 3.8) is 0 Å². The van der Waals surface area contributed by atoms with Crippen LogP contribution in [0.1, 0.15) is 12.1 Å². The first-order chi connectivity index (χ1) is 8.76. The minimum absolute atomic E-state index is 0.108. The number of likely N-dealkylation sites (tertiary alicyclic amines) is 1. The van der Waals surface area contributed by atoms with E-state index in [2.05, 4.69) is 5.10 Å². The minimum atomic E-state index is -4.74. The van der Waals surface area contributed by atoms with E-state index in [-0.39, 0.29) is 13.1 Å². The van der Waals surface area contributed by atoms with Gasteiger partial charge in [-0.25, -0.2) is 0 Å². The number of rotatable bonds is 3. The van der Waals surface area contributed by atoms with Gasteiger partial charge in [-0.1, -0.05) is 0 Å². The van der Waals surface area contributed by atoms with Crippen LogP contribution in [0.2, 0.25) is 0 Å². The van der Waals surface area contributed by atoms with Gasteiger partial charge in [-0.15, -0.1) is 0 Å². The van der Waals surface area contributed by atoms with Gasteiger partial charge in [0.2, 0.25) is 0 Å². The molecule has 106 valence electrons. The summed E-state index contributed by atoms with van der Waals surface area (Å²) in [5, 5.41) is 12.9. The molecule has 1 saturated heterocycles. The maximum absolute atomic E-state index is 13.0. The van der Waals surface area contributed by atoms with Crippen molar-refractivity contribution in [2.75, 3.05) is 13.1 Å². The van der Waals surface area contributed by atoms with Crippen LogP contribution < -0.4 is 0 Å². The van der Waals surface area contributed by atoms with Crippen molar-refractivity contribution in [2.24, 2.45) is 12.5 Å². The van der Waals surface area contributed by atoms with Crippen molar-refractivity contribution < 1.29 is 23.1 Å². The van der Waals surface area contributed by atoms with Gasteiger partial charge >= 0.3 is 12.1 Å².